The molecule has 0 saturated carbocycles. The van der Waals surface area contributed by atoms with Crippen LogP contribution in [0.5, 0.6) is 0 Å². The number of aryl methyl sites for hydroxylation is 1. The van der Waals surface area contributed by atoms with Crippen molar-refractivity contribution in [3.8, 4) is 0 Å². The number of aromatic nitrogens is 2. The number of amides is 1. The zero-order chi connectivity index (χ0) is 17.1. The Morgan fingerprint density at radius 1 is 1.38 bits per heavy atom. The quantitative estimate of drug-likeness (QED) is 0.323. The number of fused-ring (bicyclic) bond motifs is 1. The molecule has 0 unspecified atom stereocenters. The lowest BCUT2D eigenvalue weighted by Crippen LogP contribution is -2.15. The second-order valence-electron chi connectivity index (χ2n) is 4.87. The van der Waals surface area contributed by atoms with E-state index < -0.39 is 4.92 Å². The van der Waals surface area contributed by atoms with E-state index in [2.05, 4.69) is 15.3 Å². The fraction of sp³-hybridized carbons (Fsp3) is 0.133. The maximum absolute atomic E-state index is 12.1. The van der Waals surface area contributed by atoms with E-state index >= 15 is 0 Å². The first kappa shape index (κ1) is 16.3. The molecule has 9 heteroatoms. The summed E-state index contributed by atoms with van der Waals surface area (Å²) in [5, 5.41) is 15.2. The number of hydrogen-bond donors (Lipinski definition) is 1. The van der Waals surface area contributed by atoms with Crippen LogP contribution < -0.4 is 5.32 Å². The number of nitro groups is 1. The number of rotatable bonds is 5. The largest absolute Gasteiger partial charge is 0.320 e. The number of benzene rings is 1. The fourth-order valence-corrected chi connectivity index (χ4v) is 3.81. The van der Waals surface area contributed by atoms with Crippen LogP contribution in [-0.2, 0) is 4.79 Å². The number of thiophene rings is 1. The first-order valence-corrected chi connectivity index (χ1v) is 8.72. The SMILES string of the molecule is Cc1cc2c(SCC(=O)Nc3ccccc3[N+](=O)[O-])ncnc2s1. The average Bonchev–Trinajstić information content (AvgIpc) is 2.94. The van der Waals surface area contributed by atoms with E-state index in [-0.39, 0.29) is 23.0 Å². The molecule has 0 aliphatic rings. The molecule has 2 heterocycles. The van der Waals surface area contributed by atoms with Crippen LogP contribution in [0.4, 0.5) is 11.4 Å². The van der Waals surface area contributed by atoms with Crippen molar-refractivity contribution < 1.29 is 9.72 Å². The zero-order valence-electron chi connectivity index (χ0n) is 12.6. The molecule has 0 atom stereocenters. The van der Waals surface area contributed by atoms with Crippen LogP contribution in [0.15, 0.2) is 41.7 Å². The van der Waals surface area contributed by atoms with E-state index in [0.29, 0.717) is 0 Å². The molecule has 0 aliphatic carbocycles. The highest BCUT2D eigenvalue weighted by molar-refractivity contribution is 8.00. The predicted octanol–water partition coefficient (Wildman–Crippen LogP) is 3.64. The lowest BCUT2D eigenvalue weighted by Gasteiger charge is -2.06. The first-order chi connectivity index (χ1) is 11.5. The third-order valence-corrected chi connectivity index (χ3v) is 5.09. The number of nitrogens with one attached hydrogen (secondary N) is 1. The number of para-hydroxylation sites is 2. The van der Waals surface area contributed by atoms with Gasteiger partial charge >= 0.3 is 0 Å². The molecule has 3 rings (SSSR count). The maximum atomic E-state index is 12.1. The number of nitrogens with zero attached hydrogens (tertiary/aromatic N) is 3. The van der Waals surface area contributed by atoms with Gasteiger partial charge in [-0.15, -0.1) is 11.3 Å². The Bertz CT molecular complexity index is 926. The van der Waals surface area contributed by atoms with Gasteiger partial charge in [0.05, 0.1) is 10.7 Å². The van der Waals surface area contributed by atoms with Gasteiger partial charge < -0.3 is 5.32 Å². The summed E-state index contributed by atoms with van der Waals surface area (Å²) in [7, 11) is 0. The lowest BCUT2D eigenvalue weighted by molar-refractivity contribution is -0.383. The van der Waals surface area contributed by atoms with Crippen molar-refractivity contribution in [2.24, 2.45) is 0 Å². The van der Waals surface area contributed by atoms with Gasteiger partial charge in [-0.1, -0.05) is 23.9 Å². The minimum atomic E-state index is -0.523. The predicted molar refractivity (Wildman–Crippen MR) is 94.6 cm³/mol. The van der Waals surface area contributed by atoms with Crippen molar-refractivity contribution in [2.75, 3.05) is 11.1 Å². The summed E-state index contributed by atoms with van der Waals surface area (Å²) in [6.07, 6.45) is 1.47. The molecule has 3 aromatic rings. The normalized spacial score (nSPS) is 10.7. The van der Waals surface area contributed by atoms with Gasteiger partial charge in [0.25, 0.3) is 5.69 Å². The smallest absolute Gasteiger partial charge is 0.292 e. The monoisotopic (exact) mass is 360 g/mol. The Morgan fingerprint density at radius 3 is 2.96 bits per heavy atom. The molecule has 1 amide bonds. The Morgan fingerprint density at radius 2 is 2.17 bits per heavy atom. The third-order valence-electron chi connectivity index (χ3n) is 3.13. The third kappa shape index (κ3) is 3.52. The van der Waals surface area contributed by atoms with E-state index in [1.807, 2.05) is 13.0 Å². The Labute approximate surface area is 145 Å². The van der Waals surface area contributed by atoms with Crippen molar-refractivity contribution >= 4 is 50.6 Å². The molecule has 122 valence electrons. The van der Waals surface area contributed by atoms with E-state index in [9.17, 15) is 14.9 Å². The molecule has 0 spiro atoms. The van der Waals surface area contributed by atoms with Gasteiger partial charge in [0.15, 0.2) is 0 Å². The van der Waals surface area contributed by atoms with E-state index in [4.69, 9.17) is 0 Å². The van der Waals surface area contributed by atoms with Gasteiger partial charge in [-0.2, -0.15) is 0 Å². The standard InChI is InChI=1S/C15H12N4O3S2/c1-9-6-10-14(16-8-17-15(10)24-9)23-7-13(20)18-11-4-2-3-5-12(11)19(21)22/h2-6,8H,7H2,1H3,(H,18,20). The fourth-order valence-electron chi connectivity index (χ4n) is 2.13. The number of anilines is 1. The summed E-state index contributed by atoms with van der Waals surface area (Å²) in [5.74, 6) is -0.222. The molecule has 0 saturated heterocycles. The second-order valence-corrected chi connectivity index (χ2v) is 7.06. The molecular weight excluding hydrogens is 348 g/mol. The molecule has 1 N–H and O–H groups in total. The zero-order valence-corrected chi connectivity index (χ0v) is 14.2. The second kappa shape index (κ2) is 6.93. The summed E-state index contributed by atoms with van der Waals surface area (Å²) in [6.45, 7) is 1.99. The molecule has 0 fully saturated rings. The van der Waals surface area contributed by atoms with Crippen molar-refractivity contribution in [3.05, 3.63) is 51.7 Å². The number of hydrogen-bond acceptors (Lipinski definition) is 7. The molecule has 0 aliphatic heterocycles. The minimum absolute atomic E-state index is 0.104. The van der Waals surface area contributed by atoms with Gasteiger partial charge in [0.2, 0.25) is 5.91 Å². The highest BCUT2D eigenvalue weighted by Gasteiger charge is 2.15. The summed E-state index contributed by atoms with van der Waals surface area (Å²) in [5.41, 5.74) is 0.0565. The maximum Gasteiger partial charge on any atom is 0.292 e. The van der Waals surface area contributed by atoms with Crippen LogP contribution in [0.25, 0.3) is 10.2 Å². The summed E-state index contributed by atoms with van der Waals surface area (Å²) in [6, 6.07) is 8.04. The Balaban J connectivity index is 1.71. The molecule has 2 aromatic heterocycles. The summed E-state index contributed by atoms with van der Waals surface area (Å²) < 4.78 is 0. The van der Waals surface area contributed by atoms with Gasteiger partial charge in [-0.05, 0) is 19.1 Å². The highest BCUT2D eigenvalue weighted by atomic mass is 32.2. The van der Waals surface area contributed by atoms with Crippen molar-refractivity contribution in [2.45, 2.75) is 11.9 Å². The average molecular weight is 360 g/mol. The molecule has 0 radical (unpaired) electrons. The van der Waals surface area contributed by atoms with E-state index in [1.54, 1.807) is 23.5 Å². The topological polar surface area (TPSA) is 98.0 Å². The molecule has 1 aromatic carbocycles. The number of thioether (sulfide) groups is 1. The van der Waals surface area contributed by atoms with Crippen molar-refractivity contribution in [1.29, 1.82) is 0 Å². The van der Waals surface area contributed by atoms with Crippen molar-refractivity contribution in [3.63, 3.8) is 0 Å². The molecule has 24 heavy (non-hydrogen) atoms. The van der Waals surface area contributed by atoms with Crippen LogP contribution in [0, 0.1) is 17.0 Å². The Kier molecular flexibility index (Phi) is 4.72. The lowest BCUT2D eigenvalue weighted by atomic mass is 10.2. The van der Waals surface area contributed by atoms with Crippen LogP contribution >= 0.6 is 23.1 Å². The van der Waals surface area contributed by atoms with Crippen LogP contribution in [0.3, 0.4) is 0 Å². The van der Waals surface area contributed by atoms with Gasteiger partial charge in [-0.3, -0.25) is 14.9 Å². The molecule has 7 nitrogen and oxygen atoms in total. The molecular formula is C15H12N4O3S2. The van der Waals surface area contributed by atoms with Crippen LogP contribution in [0.1, 0.15) is 4.88 Å². The van der Waals surface area contributed by atoms with Crippen LogP contribution in [0.2, 0.25) is 0 Å². The first-order valence-electron chi connectivity index (χ1n) is 6.92. The number of carbonyl (C=O) groups is 1. The van der Waals surface area contributed by atoms with E-state index in [1.165, 1.54) is 30.2 Å². The van der Waals surface area contributed by atoms with Gasteiger partial charge in [0, 0.05) is 16.3 Å². The van der Waals surface area contributed by atoms with Gasteiger partial charge in [0.1, 0.15) is 21.9 Å². The summed E-state index contributed by atoms with van der Waals surface area (Å²) >= 11 is 2.85. The number of nitro benzene ring substituents is 1. The Hall–Kier alpha value is -2.52. The minimum Gasteiger partial charge on any atom is -0.320 e. The van der Waals surface area contributed by atoms with Crippen LogP contribution in [-0.4, -0.2) is 26.6 Å². The van der Waals surface area contributed by atoms with Gasteiger partial charge in [-0.25, -0.2) is 9.97 Å². The van der Waals surface area contributed by atoms with Crippen molar-refractivity contribution in [1.82, 2.24) is 9.97 Å². The highest BCUT2D eigenvalue weighted by Crippen LogP contribution is 2.30. The number of carbonyl (C=O) groups excluding carboxylic acids is 1. The molecule has 0 bridgehead atoms. The summed E-state index contributed by atoms with van der Waals surface area (Å²) in [4.78, 5) is 33.0. The van der Waals surface area contributed by atoms with E-state index in [0.717, 1.165) is 20.1 Å².